The van der Waals surface area contributed by atoms with Gasteiger partial charge in [-0.1, -0.05) is 6.92 Å². The zero-order valence-corrected chi connectivity index (χ0v) is 11.6. The summed E-state index contributed by atoms with van der Waals surface area (Å²) in [6, 6.07) is 0.0494. The molecule has 0 N–H and O–H groups in total. The summed E-state index contributed by atoms with van der Waals surface area (Å²) in [5, 5.41) is 0. The smallest absolute Gasteiger partial charge is 0.320 e. The Labute approximate surface area is 109 Å². The van der Waals surface area contributed by atoms with Gasteiger partial charge in [-0.3, -0.25) is 4.79 Å². The number of urea groups is 1. The SMILES string of the molecule is CCN(CCC(=O)OC)C(=O)N1CCC(C)CC1. The Balaban J connectivity index is 2.43. The van der Waals surface area contributed by atoms with Crippen LogP contribution in [0.5, 0.6) is 0 Å². The number of carbonyl (C=O) groups is 2. The van der Waals surface area contributed by atoms with E-state index in [-0.39, 0.29) is 18.4 Å². The van der Waals surface area contributed by atoms with E-state index in [4.69, 9.17) is 0 Å². The topological polar surface area (TPSA) is 49.9 Å². The molecule has 0 aromatic rings. The Morgan fingerprint density at radius 3 is 2.44 bits per heavy atom. The highest BCUT2D eigenvalue weighted by Gasteiger charge is 2.24. The average Bonchev–Trinajstić information content (AvgIpc) is 2.39. The maximum absolute atomic E-state index is 12.2. The predicted molar refractivity (Wildman–Crippen MR) is 69.2 cm³/mol. The Hall–Kier alpha value is -1.26. The lowest BCUT2D eigenvalue weighted by Gasteiger charge is -2.34. The second kappa shape index (κ2) is 7.24. The van der Waals surface area contributed by atoms with Crippen LogP contribution in [0.3, 0.4) is 0 Å². The van der Waals surface area contributed by atoms with Crippen molar-refractivity contribution in [3.8, 4) is 0 Å². The van der Waals surface area contributed by atoms with Crippen molar-refractivity contribution in [3.05, 3.63) is 0 Å². The number of ether oxygens (including phenoxy) is 1. The largest absolute Gasteiger partial charge is 0.469 e. The lowest BCUT2D eigenvalue weighted by molar-refractivity contribution is -0.140. The first-order valence-corrected chi connectivity index (χ1v) is 6.69. The van der Waals surface area contributed by atoms with Crippen LogP contribution in [0.2, 0.25) is 0 Å². The summed E-state index contributed by atoms with van der Waals surface area (Å²) in [7, 11) is 1.37. The summed E-state index contributed by atoms with van der Waals surface area (Å²) in [5.74, 6) is 0.438. The Morgan fingerprint density at radius 1 is 1.33 bits per heavy atom. The van der Waals surface area contributed by atoms with Crippen molar-refractivity contribution in [1.82, 2.24) is 9.80 Å². The quantitative estimate of drug-likeness (QED) is 0.720. The van der Waals surface area contributed by atoms with Gasteiger partial charge in [-0.15, -0.1) is 0 Å². The van der Waals surface area contributed by atoms with Crippen molar-refractivity contribution < 1.29 is 14.3 Å². The van der Waals surface area contributed by atoms with E-state index in [0.29, 0.717) is 19.0 Å². The second-order valence-electron chi connectivity index (χ2n) is 4.86. The number of carbonyl (C=O) groups excluding carboxylic acids is 2. The maximum atomic E-state index is 12.2. The molecule has 0 unspecified atom stereocenters. The van der Waals surface area contributed by atoms with E-state index >= 15 is 0 Å². The molecule has 1 saturated heterocycles. The first kappa shape index (κ1) is 14.8. The molecule has 5 nitrogen and oxygen atoms in total. The summed E-state index contributed by atoms with van der Waals surface area (Å²) < 4.78 is 4.59. The van der Waals surface area contributed by atoms with Crippen molar-refractivity contribution in [2.45, 2.75) is 33.1 Å². The molecule has 0 aliphatic carbocycles. The highest BCUT2D eigenvalue weighted by atomic mass is 16.5. The number of esters is 1. The van der Waals surface area contributed by atoms with E-state index in [0.717, 1.165) is 25.9 Å². The third kappa shape index (κ3) is 4.20. The maximum Gasteiger partial charge on any atom is 0.320 e. The molecule has 1 aliphatic rings. The number of amides is 2. The minimum absolute atomic E-state index is 0.0494. The van der Waals surface area contributed by atoms with Crippen molar-refractivity contribution >= 4 is 12.0 Å². The Morgan fingerprint density at radius 2 is 1.94 bits per heavy atom. The molecule has 104 valence electrons. The van der Waals surface area contributed by atoms with Crippen molar-refractivity contribution in [1.29, 1.82) is 0 Å². The van der Waals surface area contributed by atoms with Crippen molar-refractivity contribution in [3.63, 3.8) is 0 Å². The van der Waals surface area contributed by atoms with Gasteiger partial charge in [0.15, 0.2) is 0 Å². The van der Waals surface area contributed by atoms with Gasteiger partial charge >= 0.3 is 12.0 Å². The summed E-state index contributed by atoms with van der Waals surface area (Å²) in [4.78, 5) is 26.9. The van der Waals surface area contributed by atoms with Gasteiger partial charge in [0, 0.05) is 26.2 Å². The predicted octanol–water partition coefficient (Wildman–Crippen LogP) is 1.72. The van der Waals surface area contributed by atoms with Gasteiger partial charge in [0.1, 0.15) is 0 Å². The number of piperidine rings is 1. The Bertz CT molecular complexity index is 286. The highest BCUT2D eigenvalue weighted by Crippen LogP contribution is 2.17. The van der Waals surface area contributed by atoms with Crippen molar-refractivity contribution in [2.24, 2.45) is 5.92 Å². The molecule has 1 heterocycles. The van der Waals surface area contributed by atoms with E-state index in [1.807, 2.05) is 11.8 Å². The van der Waals surface area contributed by atoms with Gasteiger partial charge in [-0.25, -0.2) is 4.79 Å². The van der Waals surface area contributed by atoms with Gasteiger partial charge in [0.2, 0.25) is 0 Å². The molecule has 0 atom stereocenters. The van der Waals surface area contributed by atoms with Crippen LogP contribution in [0, 0.1) is 5.92 Å². The third-order valence-corrected chi connectivity index (χ3v) is 3.52. The Kier molecular flexibility index (Phi) is 5.95. The lowest BCUT2D eigenvalue weighted by atomic mass is 9.99. The zero-order valence-electron chi connectivity index (χ0n) is 11.6. The standard InChI is InChI=1S/C13H24N2O3/c1-4-14(10-7-12(16)18-3)13(17)15-8-5-11(2)6-9-15/h11H,4-10H2,1-3H3. The molecule has 1 rings (SSSR count). The number of rotatable bonds is 4. The van der Waals surface area contributed by atoms with Crippen LogP contribution in [0.25, 0.3) is 0 Å². The van der Waals surface area contributed by atoms with Crippen LogP contribution in [-0.4, -0.2) is 55.1 Å². The minimum atomic E-state index is -0.270. The van der Waals surface area contributed by atoms with E-state index in [9.17, 15) is 9.59 Å². The van der Waals surface area contributed by atoms with Gasteiger partial charge in [-0.2, -0.15) is 0 Å². The summed E-state index contributed by atoms with van der Waals surface area (Å²) in [5.41, 5.74) is 0. The summed E-state index contributed by atoms with van der Waals surface area (Å²) in [6.07, 6.45) is 2.40. The van der Waals surface area contributed by atoms with E-state index in [2.05, 4.69) is 11.7 Å². The first-order valence-electron chi connectivity index (χ1n) is 6.69. The fraction of sp³-hybridized carbons (Fsp3) is 0.846. The average molecular weight is 256 g/mol. The normalized spacial score (nSPS) is 16.5. The molecule has 0 bridgehead atoms. The van der Waals surface area contributed by atoms with Gasteiger partial charge in [-0.05, 0) is 25.7 Å². The van der Waals surface area contributed by atoms with E-state index in [1.165, 1.54) is 7.11 Å². The fourth-order valence-electron chi connectivity index (χ4n) is 2.12. The van der Waals surface area contributed by atoms with Gasteiger partial charge < -0.3 is 14.5 Å². The molecule has 0 aromatic carbocycles. The molecular weight excluding hydrogens is 232 g/mol. The summed E-state index contributed by atoms with van der Waals surface area (Å²) >= 11 is 0. The number of likely N-dealkylation sites (tertiary alicyclic amines) is 1. The molecule has 2 amide bonds. The van der Waals surface area contributed by atoms with E-state index < -0.39 is 0 Å². The second-order valence-corrected chi connectivity index (χ2v) is 4.86. The molecule has 0 spiro atoms. The van der Waals surface area contributed by atoms with Crippen LogP contribution >= 0.6 is 0 Å². The minimum Gasteiger partial charge on any atom is -0.469 e. The van der Waals surface area contributed by atoms with E-state index in [1.54, 1.807) is 4.90 Å². The zero-order chi connectivity index (χ0) is 13.5. The molecular formula is C13H24N2O3. The highest BCUT2D eigenvalue weighted by molar-refractivity contribution is 5.76. The number of nitrogens with zero attached hydrogens (tertiary/aromatic N) is 2. The van der Waals surface area contributed by atoms with Crippen LogP contribution < -0.4 is 0 Å². The molecule has 1 fully saturated rings. The van der Waals surface area contributed by atoms with Gasteiger partial charge in [0.25, 0.3) is 0 Å². The van der Waals surface area contributed by atoms with Gasteiger partial charge in [0.05, 0.1) is 13.5 Å². The molecule has 0 aromatic heterocycles. The molecule has 18 heavy (non-hydrogen) atoms. The third-order valence-electron chi connectivity index (χ3n) is 3.52. The molecule has 0 radical (unpaired) electrons. The lowest BCUT2D eigenvalue weighted by Crippen LogP contribution is -2.47. The number of methoxy groups -OCH3 is 1. The molecule has 1 aliphatic heterocycles. The summed E-state index contributed by atoms with van der Waals surface area (Å²) in [6.45, 7) is 6.87. The monoisotopic (exact) mass is 256 g/mol. The van der Waals surface area contributed by atoms with Crippen LogP contribution in [0.1, 0.15) is 33.1 Å². The number of hydrogen-bond donors (Lipinski definition) is 0. The van der Waals surface area contributed by atoms with Crippen molar-refractivity contribution in [2.75, 3.05) is 33.3 Å². The first-order chi connectivity index (χ1) is 8.58. The fourth-order valence-corrected chi connectivity index (χ4v) is 2.12. The van der Waals surface area contributed by atoms with Crippen LogP contribution in [0.4, 0.5) is 4.79 Å². The molecule has 0 saturated carbocycles. The van der Waals surface area contributed by atoms with Crippen LogP contribution in [0.15, 0.2) is 0 Å². The molecule has 5 heteroatoms. The van der Waals surface area contributed by atoms with Crippen LogP contribution in [-0.2, 0) is 9.53 Å². The number of hydrogen-bond acceptors (Lipinski definition) is 3.